The topological polar surface area (TPSA) is 72.4 Å². The largest absolute Gasteiger partial charge is 0.493 e. The van der Waals surface area contributed by atoms with E-state index in [0.717, 1.165) is 24.5 Å². The molecule has 1 fully saturated rings. The Kier molecular flexibility index (Phi) is 4.97. The first-order chi connectivity index (χ1) is 11.3. The van der Waals surface area contributed by atoms with Crippen LogP contribution in [0, 0.1) is 0 Å². The van der Waals surface area contributed by atoms with E-state index in [-0.39, 0.29) is 12.5 Å². The van der Waals surface area contributed by atoms with Crippen LogP contribution in [0.4, 0.5) is 0 Å². The predicted molar refractivity (Wildman–Crippen MR) is 85.3 cm³/mol. The van der Waals surface area contributed by atoms with Gasteiger partial charge in [0.25, 0.3) is 5.91 Å². The molecule has 0 atom stereocenters. The Morgan fingerprint density at radius 2 is 2.22 bits per heavy atom. The molecule has 1 amide bonds. The van der Waals surface area contributed by atoms with Crippen LogP contribution in [0.15, 0.2) is 23.2 Å². The Morgan fingerprint density at radius 1 is 1.39 bits per heavy atom. The van der Waals surface area contributed by atoms with Gasteiger partial charge in [-0.15, -0.1) is 0 Å². The van der Waals surface area contributed by atoms with E-state index in [1.165, 1.54) is 0 Å². The Hall–Kier alpha value is -2.28. The van der Waals surface area contributed by atoms with Crippen molar-refractivity contribution in [1.29, 1.82) is 0 Å². The van der Waals surface area contributed by atoms with Crippen molar-refractivity contribution in [3.63, 3.8) is 0 Å². The van der Waals surface area contributed by atoms with Crippen LogP contribution in [0.5, 0.6) is 11.5 Å². The van der Waals surface area contributed by atoms with E-state index in [2.05, 4.69) is 10.3 Å². The summed E-state index contributed by atoms with van der Waals surface area (Å²) in [5, 5.41) is 3.22. The average molecular weight is 319 g/mol. The maximum Gasteiger partial charge on any atom is 0.260 e. The molecule has 0 unspecified atom stereocenters. The molecule has 124 valence electrons. The van der Waals surface area contributed by atoms with Gasteiger partial charge in [0.1, 0.15) is 5.84 Å². The summed E-state index contributed by atoms with van der Waals surface area (Å²) in [5.41, 5.74) is 0.816. The fourth-order valence-electron chi connectivity index (χ4n) is 2.63. The first-order valence-electron chi connectivity index (χ1n) is 7.73. The standard InChI is InChI=1S/C16H21N3O4/c1-21-13-4-2-3-12(16-17-5-6-18-16)15(13)23-11-14(20)19-7-9-22-10-8-19/h2-4H,5-11H2,1H3,(H,17,18). The minimum absolute atomic E-state index is 0.0271. The third-order valence-electron chi connectivity index (χ3n) is 3.83. The number of ether oxygens (including phenoxy) is 3. The van der Waals surface area contributed by atoms with Crippen LogP contribution in [-0.4, -0.2) is 69.8 Å². The van der Waals surface area contributed by atoms with Gasteiger partial charge in [0.2, 0.25) is 0 Å². The third-order valence-corrected chi connectivity index (χ3v) is 3.83. The van der Waals surface area contributed by atoms with E-state index in [1.54, 1.807) is 12.0 Å². The number of nitrogens with zero attached hydrogens (tertiary/aromatic N) is 2. The van der Waals surface area contributed by atoms with Gasteiger partial charge in [-0.25, -0.2) is 0 Å². The number of carbonyl (C=O) groups excluding carboxylic acids is 1. The maximum atomic E-state index is 12.3. The quantitative estimate of drug-likeness (QED) is 0.844. The van der Waals surface area contributed by atoms with Crippen molar-refractivity contribution in [3.8, 4) is 11.5 Å². The summed E-state index contributed by atoms with van der Waals surface area (Å²) in [4.78, 5) is 18.4. The lowest BCUT2D eigenvalue weighted by atomic mass is 10.1. The number of amides is 1. The zero-order valence-corrected chi connectivity index (χ0v) is 13.2. The van der Waals surface area contributed by atoms with Gasteiger partial charge in [-0.3, -0.25) is 9.79 Å². The van der Waals surface area contributed by atoms with Crippen molar-refractivity contribution in [1.82, 2.24) is 10.2 Å². The van der Waals surface area contributed by atoms with Gasteiger partial charge in [0, 0.05) is 19.6 Å². The zero-order chi connectivity index (χ0) is 16.1. The van der Waals surface area contributed by atoms with Crippen LogP contribution < -0.4 is 14.8 Å². The molecule has 1 saturated heterocycles. The second-order valence-electron chi connectivity index (χ2n) is 5.28. The number of rotatable bonds is 5. The minimum Gasteiger partial charge on any atom is -0.493 e. The molecule has 1 aromatic rings. The molecule has 0 aromatic heterocycles. The van der Waals surface area contributed by atoms with Crippen molar-refractivity contribution in [2.24, 2.45) is 4.99 Å². The van der Waals surface area contributed by atoms with Crippen LogP contribution >= 0.6 is 0 Å². The normalized spacial score (nSPS) is 17.4. The van der Waals surface area contributed by atoms with Crippen molar-refractivity contribution in [2.75, 3.05) is 53.1 Å². The van der Waals surface area contributed by atoms with Gasteiger partial charge < -0.3 is 24.4 Å². The maximum absolute atomic E-state index is 12.3. The molecule has 7 heteroatoms. The first-order valence-corrected chi connectivity index (χ1v) is 7.73. The number of amidine groups is 1. The van der Waals surface area contributed by atoms with Crippen LogP contribution in [0.3, 0.4) is 0 Å². The van der Waals surface area contributed by atoms with Gasteiger partial charge in [0.15, 0.2) is 18.1 Å². The van der Waals surface area contributed by atoms with Crippen molar-refractivity contribution in [2.45, 2.75) is 0 Å². The lowest BCUT2D eigenvalue weighted by molar-refractivity contribution is -0.137. The highest BCUT2D eigenvalue weighted by Gasteiger charge is 2.21. The lowest BCUT2D eigenvalue weighted by Crippen LogP contribution is -2.43. The molecule has 0 saturated carbocycles. The summed E-state index contributed by atoms with van der Waals surface area (Å²) < 4.78 is 16.4. The van der Waals surface area contributed by atoms with E-state index < -0.39 is 0 Å². The molecule has 1 aromatic carbocycles. The zero-order valence-electron chi connectivity index (χ0n) is 13.2. The minimum atomic E-state index is -0.0496. The molecule has 0 bridgehead atoms. The van der Waals surface area contributed by atoms with Crippen LogP contribution in [0.1, 0.15) is 5.56 Å². The van der Waals surface area contributed by atoms with Gasteiger partial charge in [-0.05, 0) is 12.1 Å². The molecule has 2 heterocycles. The smallest absolute Gasteiger partial charge is 0.260 e. The van der Waals surface area contributed by atoms with Crippen LogP contribution in [0.25, 0.3) is 0 Å². The van der Waals surface area contributed by atoms with Gasteiger partial charge in [-0.2, -0.15) is 0 Å². The Labute approximate surface area is 135 Å². The van der Waals surface area contributed by atoms with Crippen LogP contribution in [0.2, 0.25) is 0 Å². The summed E-state index contributed by atoms with van der Waals surface area (Å²) in [7, 11) is 1.58. The van der Waals surface area contributed by atoms with Crippen molar-refractivity contribution < 1.29 is 19.0 Å². The number of nitrogens with one attached hydrogen (secondary N) is 1. The summed E-state index contributed by atoms with van der Waals surface area (Å²) in [5.74, 6) is 1.86. The molecule has 3 rings (SSSR count). The second kappa shape index (κ2) is 7.32. The lowest BCUT2D eigenvalue weighted by Gasteiger charge is -2.27. The van der Waals surface area contributed by atoms with E-state index >= 15 is 0 Å². The molecule has 23 heavy (non-hydrogen) atoms. The summed E-state index contributed by atoms with van der Waals surface area (Å²) in [6, 6.07) is 5.61. The summed E-state index contributed by atoms with van der Waals surface area (Å²) in [6.45, 7) is 3.88. The second-order valence-corrected chi connectivity index (χ2v) is 5.28. The fraction of sp³-hybridized carbons (Fsp3) is 0.500. The molecule has 2 aliphatic heterocycles. The first kappa shape index (κ1) is 15.6. The van der Waals surface area contributed by atoms with Crippen molar-refractivity contribution in [3.05, 3.63) is 23.8 Å². The van der Waals surface area contributed by atoms with Gasteiger partial charge >= 0.3 is 0 Å². The highest BCUT2D eigenvalue weighted by Crippen LogP contribution is 2.31. The highest BCUT2D eigenvalue weighted by atomic mass is 16.5. The predicted octanol–water partition coefficient (Wildman–Crippen LogP) is 0.283. The van der Waals surface area contributed by atoms with Crippen molar-refractivity contribution >= 4 is 11.7 Å². The number of hydrogen-bond donors (Lipinski definition) is 1. The van der Waals surface area contributed by atoms with E-state index in [0.29, 0.717) is 37.8 Å². The fourth-order valence-corrected chi connectivity index (χ4v) is 2.63. The van der Waals surface area contributed by atoms with E-state index in [9.17, 15) is 4.79 Å². The number of carbonyl (C=O) groups is 1. The Balaban J connectivity index is 1.74. The number of benzene rings is 1. The molecule has 0 aliphatic carbocycles. The molecule has 7 nitrogen and oxygen atoms in total. The van der Waals surface area contributed by atoms with Gasteiger partial charge in [0.05, 0.1) is 32.4 Å². The Bertz CT molecular complexity index is 597. The summed E-state index contributed by atoms with van der Waals surface area (Å²) >= 11 is 0. The summed E-state index contributed by atoms with van der Waals surface area (Å²) in [6.07, 6.45) is 0. The van der Waals surface area contributed by atoms with E-state index in [4.69, 9.17) is 14.2 Å². The number of para-hydroxylation sites is 1. The molecule has 0 radical (unpaired) electrons. The molecule has 0 spiro atoms. The van der Waals surface area contributed by atoms with Crippen LogP contribution in [-0.2, 0) is 9.53 Å². The number of hydrogen-bond acceptors (Lipinski definition) is 6. The van der Waals surface area contributed by atoms with Gasteiger partial charge in [-0.1, -0.05) is 6.07 Å². The average Bonchev–Trinajstić information content (AvgIpc) is 3.14. The van der Waals surface area contributed by atoms with E-state index in [1.807, 2.05) is 18.2 Å². The number of aliphatic imine (C=N–C) groups is 1. The number of morpholine rings is 1. The monoisotopic (exact) mass is 319 g/mol. The number of methoxy groups -OCH3 is 1. The third kappa shape index (κ3) is 3.56. The molecular formula is C16H21N3O4. The molecule has 2 aliphatic rings. The SMILES string of the molecule is COc1cccc(C2=NCCN2)c1OCC(=O)N1CCOCC1. The Morgan fingerprint density at radius 3 is 2.91 bits per heavy atom. The molecule has 1 N–H and O–H groups in total. The molecular weight excluding hydrogens is 298 g/mol. The highest BCUT2D eigenvalue weighted by molar-refractivity contribution is 6.02.